The van der Waals surface area contributed by atoms with E-state index in [-0.39, 0.29) is 6.10 Å². The lowest BCUT2D eigenvalue weighted by Gasteiger charge is -2.28. The van der Waals surface area contributed by atoms with Gasteiger partial charge in [-0.15, -0.1) is 0 Å². The topological polar surface area (TPSA) is 32.7 Å². The molecule has 0 radical (unpaired) electrons. The van der Waals surface area contributed by atoms with E-state index in [1.54, 1.807) is 0 Å². The lowest BCUT2D eigenvalue weighted by Crippen LogP contribution is -2.39. The summed E-state index contributed by atoms with van der Waals surface area (Å²) in [4.78, 5) is 2.31. The van der Waals surface area contributed by atoms with Crippen LogP contribution in [0.4, 0.5) is 0 Å². The summed E-state index contributed by atoms with van der Waals surface area (Å²) >= 11 is 1.99. The highest BCUT2D eigenvalue weighted by atomic mass is 32.2. The fourth-order valence-electron chi connectivity index (χ4n) is 2.02. The average Bonchev–Trinajstić information content (AvgIpc) is 2.41. The molecule has 0 unspecified atom stereocenters. The fourth-order valence-corrected chi connectivity index (χ4v) is 3.00. The van der Waals surface area contributed by atoms with Gasteiger partial charge in [-0.1, -0.05) is 30.3 Å². The normalized spacial score (nSPS) is 18.7. The second kappa shape index (κ2) is 7.79. The summed E-state index contributed by atoms with van der Waals surface area (Å²) in [5, 5.41) is 9.91. The third kappa shape index (κ3) is 4.98. The van der Waals surface area contributed by atoms with Crippen LogP contribution in [0, 0.1) is 0 Å². The van der Waals surface area contributed by atoms with Gasteiger partial charge < -0.3 is 9.84 Å². The number of ether oxygens (including phenoxy) is 1. The van der Waals surface area contributed by atoms with Crippen molar-refractivity contribution in [3.05, 3.63) is 35.9 Å². The van der Waals surface area contributed by atoms with Crippen molar-refractivity contribution in [2.75, 3.05) is 37.7 Å². The number of aliphatic hydroxyl groups excluding tert-OH is 1. The van der Waals surface area contributed by atoms with Gasteiger partial charge in [0.1, 0.15) is 0 Å². The molecule has 1 aromatic carbocycles. The molecule has 1 saturated heterocycles. The molecule has 1 fully saturated rings. The second-order valence-corrected chi connectivity index (χ2v) is 5.79. The molecule has 1 N–H and O–H groups in total. The molecular weight excluding hydrogens is 246 g/mol. The van der Waals surface area contributed by atoms with E-state index in [9.17, 15) is 5.11 Å². The van der Waals surface area contributed by atoms with Gasteiger partial charge in [0.15, 0.2) is 0 Å². The molecule has 2 rings (SSSR count). The molecule has 18 heavy (non-hydrogen) atoms. The standard InChI is InChI=1S/C14H21NO2S/c16-14(10-15-6-8-18-9-7-15)12-17-11-13-4-2-1-3-5-13/h1-5,14,16H,6-12H2/t14-/m0/s1. The highest BCUT2D eigenvalue weighted by Crippen LogP contribution is 2.09. The number of thioether (sulfide) groups is 1. The molecule has 4 heteroatoms. The number of benzene rings is 1. The second-order valence-electron chi connectivity index (χ2n) is 4.57. The Bertz CT molecular complexity index is 328. The van der Waals surface area contributed by atoms with Crippen molar-refractivity contribution < 1.29 is 9.84 Å². The van der Waals surface area contributed by atoms with Crippen LogP contribution in [-0.2, 0) is 11.3 Å². The van der Waals surface area contributed by atoms with Crippen LogP contribution in [0.15, 0.2) is 30.3 Å². The first-order valence-corrected chi connectivity index (χ1v) is 7.60. The minimum absolute atomic E-state index is 0.378. The summed E-state index contributed by atoms with van der Waals surface area (Å²) in [5.74, 6) is 2.36. The Morgan fingerprint density at radius 3 is 2.67 bits per heavy atom. The highest BCUT2D eigenvalue weighted by Gasteiger charge is 2.14. The molecule has 0 aromatic heterocycles. The van der Waals surface area contributed by atoms with Gasteiger partial charge in [-0.25, -0.2) is 0 Å². The van der Waals surface area contributed by atoms with Crippen molar-refractivity contribution in [3.8, 4) is 0 Å². The van der Waals surface area contributed by atoms with E-state index in [1.165, 1.54) is 11.5 Å². The van der Waals surface area contributed by atoms with Crippen LogP contribution >= 0.6 is 11.8 Å². The van der Waals surface area contributed by atoms with Gasteiger partial charge in [-0.3, -0.25) is 4.90 Å². The maximum absolute atomic E-state index is 9.91. The predicted octanol–water partition coefficient (Wildman–Crippen LogP) is 1.61. The summed E-state index contributed by atoms with van der Waals surface area (Å²) in [6.45, 7) is 3.89. The molecule has 1 atom stereocenters. The van der Waals surface area contributed by atoms with Crippen molar-refractivity contribution in [3.63, 3.8) is 0 Å². The van der Waals surface area contributed by atoms with Crippen LogP contribution in [0.1, 0.15) is 5.56 Å². The molecule has 0 amide bonds. The van der Waals surface area contributed by atoms with Gasteiger partial charge in [0.2, 0.25) is 0 Å². The molecule has 3 nitrogen and oxygen atoms in total. The average molecular weight is 267 g/mol. The summed E-state index contributed by atoms with van der Waals surface area (Å²) in [5.41, 5.74) is 1.15. The summed E-state index contributed by atoms with van der Waals surface area (Å²) in [7, 11) is 0. The molecule has 0 bridgehead atoms. The lowest BCUT2D eigenvalue weighted by atomic mass is 10.2. The molecule has 1 aliphatic rings. The third-order valence-electron chi connectivity index (χ3n) is 2.99. The third-order valence-corrected chi connectivity index (χ3v) is 3.94. The van der Waals surface area contributed by atoms with Gasteiger partial charge in [-0.2, -0.15) is 11.8 Å². The first-order valence-electron chi connectivity index (χ1n) is 6.44. The van der Waals surface area contributed by atoms with E-state index in [0.29, 0.717) is 13.2 Å². The molecule has 0 saturated carbocycles. The van der Waals surface area contributed by atoms with E-state index in [1.807, 2.05) is 42.1 Å². The molecule has 1 heterocycles. The molecule has 1 aliphatic heterocycles. The Balaban J connectivity index is 1.61. The van der Waals surface area contributed by atoms with Gasteiger partial charge in [0.25, 0.3) is 0 Å². The Hall–Kier alpha value is -0.550. The zero-order chi connectivity index (χ0) is 12.6. The van der Waals surface area contributed by atoms with Crippen LogP contribution in [0.3, 0.4) is 0 Å². The SMILES string of the molecule is O[C@H](COCc1ccccc1)CN1CCSCC1. The Labute approximate surface area is 113 Å². The predicted molar refractivity (Wildman–Crippen MR) is 75.9 cm³/mol. The van der Waals surface area contributed by atoms with Crippen molar-refractivity contribution >= 4 is 11.8 Å². The molecular formula is C14H21NO2S. The number of hydrogen-bond donors (Lipinski definition) is 1. The summed E-state index contributed by atoms with van der Waals surface area (Å²) < 4.78 is 5.54. The van der Waals surface area contributed by atoms with Gasteiger partial charge in [0, 0.05) is 31.1 Å². The number of β-amino-alcohol motifs (C(OH)–C–C–N with tert-alkyl or cyclic N) is 1. The van der Waals surface area contributed by atoms with Crippen molar-refractivity contribution in [2.24, 2.45) is 0 Å². The Kier molecular flexibility index (Phi) is 6.00. The molecule has 0 spiro atoms. The van der Waals surface area contributed by atoms with E-state index in [2.05, 4.69) is 4.90 Å². The van der Waals surface area contributed by atoms with Crippen LogP contribution in [-0.4, -0.2) is 53.9 Å². The first kappa shape index (κ1) is 13.9. The highest BCUT2D eigenvalue weighted by molar-refractivity contribution is 7.99. The van der Waals surface area contributed by atoms with Crippen molar-refractivity contribution in [1.82, 2.24) is 4.90 Å². The summed E-state index contributed by atoms with van der Waals surface area (Å²) in [6.07, 6.45) is -0.378. The minimum Gasteiger partial charge on any atom is -0.389 e. The molecule has 0 aliphatic carbocycles. The summed E-state index contributed by atoms with van der Waals surface area (Å²) in [6, 6.07) is 10.1. The zero-order valence-electron chi connectivity index (χ0n) is 10.6. The maximum atomic E-state index is 9.91. The lowest BCUT2D eigenvalue weighted by molar-refractivity contribution is 0.0114. The quantitative estimate of drug-likeness (QED) is 0.849. The Morgan fingerprint density at radius 2 is 1.94 bits per heavy atom. The maximum Gasteiger partial charge on any atom is 0.0900 e. The monoisotopic (exact) mass is 267 g/mol. The van der Waals surface area contributed by atoms with Gasteiger partial charge in [0.05, 0.1) is 19.3 Å². The van der Waals surface area contributed by atoms with Crippen molar-refractivity contribution in [2.45, 2.75) is 12.7 Å². The van der Waals surface area contributed by atoms with Crippen LogP contribution in [0.2, 0.25) is 0 Å². The number of nitrogens with zero attached hydrogens (tertiary/aromatic N) is 1. The molecule has 100 valence electrons. The van der Waals surface area contributed by atoms with Crippen LogP contribution in [0.25, 0.3) is 0 Å². The number of hydrogen-bond acceptors (Lipinski definition) is 4. The zero-order valence-corrected chi connectivity index (χ0v) is 11.4. The van der Waals surface area contributed by atoms with Gasteiger partial charge in [-0.05, 0) is 5.56 Å². The van der Waals surface area contributed by atoms with Gasteiger partial charge >= 0.3 is 0 Å². The van der Waals surface area contributed by atoms with Crippen LogP contribution in [0.5, 0.6) is 0 Å². The largest absolute Gasteiger partial charge is 0.389 e. The van der Waals surface area contributed by atoms with E-state index in [4.69, 9.17) is 4.74 Å². The minimum atomic E-state index is -0.378. The van der Waals surface area contributed by atoms with E-state index in [0.717, 1.165) is 25.2 Å². The number of rotatable bonds is 6. The molecule has 1 aromatic rings. The smallest absolute Gasteiger partial charge is 0.0900 e. The van der Waals surface area contributed by atoms with Crippen molar-refractivity contribution in [1.29, 1.82) is 0 Å². The first-order chi connectivity index (χ1) is 8.84. The Morgan fingerprint density at radius 1 is 1.22 bits per heavy atom. The van der Waals surface area contributed by atoms with E-state index >= 15 is 0 Å². The number of aliphatic hydroxyl groups is 1. The van der Waals surface area contributed by atoms with Crippen LogP contribution < -0.4 is 0 Å². The van der Waals surface area contributed by atoms with E-state index < -0.39 is 0 Å². The fraction of sp³-hybridized carbons (Fsp3) is 0.571.